The minimum absolute atomic E-state index is 0.0579. The standard InChI is InChI=1S/C15H19BrN2O3/c16-12-4-2-1-3-11(12)14-10-18(6-8-21-14)15(19)13-9-17-5-7-20-13/h1-4,13-14,17H,5-10H2/t13-,14-/m0/s1. The molecule has 2 fully saturated rings. The summed E-state index contributed by atoms with van der Waals surface area (Å²) in [6, 6.07) is 7.98. The van der Waals surface area contributed by atoms with Crippen LogP contribution in [0.15, 0.2) is 28.7 Å². The number of nitrogens with one attached hydrogen (secondary N) is 1. The van der Waals surface area contributed by atoms with Crippen LogP contribution < -0.4 is 5.32 Å². The minimum atomic E-state index is -0.364. The molecule has 0 unspecified atom stereocenters. The number of morpholine rings is 2. The largest absolute Gasteiger partial charge is 0.370 e. The van der Waals surface area contributed by atoms with E-state index in [1.165, 1.54) is 0 Å². The Bertz CT molecular complexity index is 505. The summed E-state index contributed by atoms with van der Waals surface area (Å²) in [7, 11) is 0. The van der Waals surface area contributed by atoms with Gasteiger partial charge in [0, 0.05) is 24.1 Å². The van der Waals surface area contributed by atoms with Gasteiger partial charge < -0.3 is 19.7 Å². The van der Waals surface area contributed by atoms with E-state index in [1.807, 2.05) is 29.2 Å². The number of halogens is 1. The summed E-state index contributed by atoms with van der Waals surface area (Å²) in [5.41, 5.74) is 1.08. The predicted molar refractivity (Wildman–Crippen MR) is 82.0 cm³/mol. The van der Waals surface area contributed by atoms with E-state index < -0.39 is 0 Å². The number of hydrogen-bond donors (Lipinski definition) is 1. The van der Waals surface area contributed by atoms with Crippen molar-refractivity contribution >= 4 is 21.8 Å². The molecule has 114 valence electrons. The number of amides is 1. The molecule has 1 aromatic rings. The molecule has 0 radical (unpaired) electrons. The predicted octanol–water partition coefficient (Wildman–Crippen LogP) is 1.34. The van der Waals surface area contributed by atoms with E-state index in [1.54, 1.807) is 0 Å². The molecule has 2 saturated heterocycles. The Morgan fingerprint density at radius 3 is 2.90 bits per heavy atom. The third kappa shape index (κ3) is 3.45. The molecule has 2 heterocycles. The van der Waals surface area contributed by atoms with Crippen molar-refractivity contribution < 1.29 is 14.3 Å². The van der Waals surface area contributed by atoms with Gasteiger partial charge in [-0.25, -0.2) is 0 Å². The highest BCUT2D eigenvalue weighted by Crippen LogP contribution is 2.28. The lowest BCUT2D eigenvalue weighted by atomic mass is 10.1. The van der Waals surface area contributed by atoms with Gasteiger partial charge in [-0.2, -0.15) is 0 Å². The van der Waals surface area contributed by atoms with Crippen LogP contribution in [0.5, 0.6) is 0 Å². The average Bonchev–Trinajstić information content (AvgIpc) is 2.55. The average molecular weight is 355 g/mol. The Balaban J connectivity index is 1.68. The van der Waals surface area contributed by atoms with Crippen LogP contribution in [0.25, 0.3) is 0 Å². The topological polar surface area (TPSA) is 50.8 Å². The molecule has 2 atom stereocenters. The summed E-state index contributed by atoms with van der Waals surface area (Å²) in [5, 5.41) is 3.20. The molecule has 3 rings (SSSR count). The highest BCUT2D eigenvalue weighted by molar-refractivity contribution is 9.10. The van der Waals surface area contributed by atoms with Gasteiger partial charge in [0.1, 0.15) is 12.2 Å². The summed E-state index contributed by atoms with van der Waals surface area (Å²) < 4.78 is 12.4. The molecule has 1 amide bonds. The van der Waals surface area contributed by atoms with Gasteiger partial charge in [-0.05, 0) is 11.6 Å². The zero-order valence-electron chi connectivity index (χ0n) is 11.8. The third-order valence-corrected chi connectivity index (χ3v) is 4.56. The van der Waals surface area contributed by atoms with Gasteiger partial charge in [0.15, 0.2) is 0 Å². The lowest BCUT2D eigenvalue weighted by molar-refractivity contribution is -0.152. The van der Waals surface area contributed by atoms with Crippen LogP contribution in [-0.2, 0) is 14.3 Å². The third-order valence-electron chi connectivity index (χ3n) is 3.83. The number of carbonyl (C=O) groups is 1. The number of ether oxygens (including phenoxy) is 2. The van der Waals surface area contributed by atoms with Crippen molar-refractivity contribution in [1.29, 1.82) is 0 Å². The Labute approximate surface area is 132 Å². The van der Waals surface area contributed by atoms with Crippen molar-refractivity contribution in [3.05, 3.63) is 34.3 Å². The Kier molecular flexibility index (Phi) is 4.90. The van der Waals surface area contributed by atoms with E-state index in [0.717, 1.165) is 16.6 Å². The molecule has 21 heavy (non-hydrogen) atoms. The molecule has 0 aromatic heterocycles. The molecule has 1 N–H and O–H groups in total. The first kappa shape index (κ1) is 15.0. The lowest BCUT2D eigenvalue weighted by Crippen LogP contribution is -2.52. The molecule has 0 aliphatic carbocycles. The molecule has 1 aromatic carbocycles. The van der Waals surface area contributed by atoms with Crippen molar-refractivity contribution in [3.8, 4) is 0 Å². The highest BCUT2D eigenvalue weighted by atomic mass is 79.9. The summed E-state index contributed by atoms with van der Waals surface area (Å²) in [6.45, 7) is 3.75. The Hall–Kier alpha value is -0.950. The molecular weight excluding hydrogens is 336 g/mol. The van der Waals surface area contributed by atoms with Crippen molar-refractivity contribution in [1.82, 2.24) is 10.2 Å². The first-order valence-electron chi connectivity index (χ1n) is 7.23. The molecule has 0 saturated carbocycles. The highest BCUT2D eigenvalue weighted by Gasteiger charge is 2.31. The fraction of sp³-hybridized carbons (Fsp3) is 0.533. The maximum Gasteiger partial charge on any atom is 0.253 e. The van der Waals surface area contributed by atoms with Crippen LogP contribution in [0.3, 0.4) is 0 Å². The number of rotatable bonds is 2. The van der Waals surface area contributed by atoms with Gasteiger partial charge in [-0.15, -0.1) is 0 Å². The summed E-state index contributed by atoms with van der Waals surface area (Å²) in [4.78, 5) is 14.4. The van der Waals surface area contributed by atoms with Crippen LogP contribution in [0.2, 0.25) is 0 Å². The second kappa shape index (κ2) is 6.87. The second-order valence-corrected chi connectivity index (χ2v) is 6.08. The van der Waals surface area contributed by atoms with Gasteiger partial charge in [-0.1, -0.05) is 34.1 Å². The molecule has 2 aliphatic rings. The SMILES string of the molecule is O=C([C@@H]1CNCCO1)N1CCO[C@H](c2ccccc2Br)C1. The first-order chi connectivity index (χ1) is 10.3. The van der Waals surface area contributed by atoms with Crippen LogP contribution in [0.4, 0.5) is 0 Å². The fourth-order valence-corrected chi connectivity index (χ4v) is 3.24. The summed E-state index contributed by atoms with van der Waals surface area (Å²) in [6.07, 6.45) is -0.452. The van der Waals surface area contributed by atoms with Crippen LogP contribution in [-0.4, -0.2) is 56.3 Å². The normalized spacial score (nSPS) is 26.6. The molecule has 0 bridgehead atoms. The molecule has 0 spiro atoms. The van der Waals surface area contributed by atoms with Crippen LogP contribution in [0.1, 0.15) is 11.7 Å². The second-order valence-electron chi connectivity index (χ2n) is 5.23. The van der Waals surface area contributed by atoms with E-state index >= 15 is 0 Å². The lowest BCUT2D eigenvalue weighted by Gasteiger charge is -2.36. The van der Waals surface area contributed by atoms with E-state index in [-0.39, 0.29) is 18.1 Å². The van der Waals surface area contributed by atoms with Crippen molar-refractivity contribution in [2.24, 2.45) is 0 Å². The van der Waals surface area contributed by atoms with Gasteiger partial charge in [0.2, 0.25) is 0 Å². The van der Waals surface area contributed by atoms with Gasteiger partial charge in [0.05, 0.1) is 19.8 Å². The monoisotopic (exact) mass is 354 g/mol. The van der Waals surface area contributed by atoms with Crippen molar-refractivity contribution in [2.45, 2.75) is 12.2 Å². The minimum Gasteiger partial charge on any atom is -0.370 e. The maximum absolute atomic E-state index is 12.5. The van der Waals surface area contributed by atoms with Gasteiger partial charge in [-0.3, -0.25) is 4.79 Å². The van der Waals surface area contributed by atoms with E-state index in [0.29, 0.717) is 32.8 Å². The van der Waals surface area contributed by atoms with E-state index in [2.05, 4.69) is 21.2 Å². The smallest absolute Gasteiger partial charge is 0.253 e. The maximum atomic E-state index is 12.5. The van der Waals surface area contributed by atoms with Gasteiger partial charge in [0.25, 0.3) is 5.91 Å². The molecule has 2 aliphatic heterocycles. The van der Waals surface area contributed by atoms with E-state index in [9.17, 15) is 4.79 Å². The van der Waals surface area contributed by atoms with Crippen molar-refractivity contribution in [3.63, 3.8) is 0 Å². The van der Waals surface area contributed by atoms with Gasteiger partial charge >= 0.3 is 0 Å². The molecule has 6 heteroatoms. The zero-order chi connectivity index (χ0) is 14.7. The summed E-state index contributed by atoms with van der Waals surface area (Å²) >= 11 is 3.55. The number of carbonyl (C=O) groups excluding carboxylic acids is 1. The molecular formula is C15H19BrN2O3. The quantitative estimate of drug-likeness (QED) is 0.870. The van der Waals surface area contributed by atoms with Crippen LogP contribution in [0, 0.1) is 0 Å². The summed E-state index contributed by atoms with van der Waals surface area (Å²) in [5.74, 6) is 0.0579. The van der Waals surface area contributed by atoms with Crippen LogP contribution >= 0.6 is 15.9 Å². The first-order valence-corrected chi connectivity index (χ1v) is 8.02. The Morgan fingerprint density at radius 1 is 1.29 bits per heavy atom. The van der Waals surface area contributed by atoms with Crippen molar-refractivity contribution in [2.75, 3.05) is 39.4 Å². The zero-order valence-corrected chi connectivity index (χ0v) is 13.3. The number of hydrogen-bond acceptors (Lipinski definition) is 4. The number of benzene rings is 1. The fourth-order valence-electron chi connectivity index (χ4n) is 2.70. The molecule has 5 nitrogen and oxygen atoms in total. The number of nitrogens with zero attached hydrogens (tertiary/aromatic N) is 1. The van der Waals surface area contributed by atoms with E-state index in [4.69, 9.17) is 9.47 Å². The Morgan fingerprint density at radius 2 is 2.14 bits per heavy atom.